The van der Waals surface area contributed by atoms with E-state index >= 15 is 0 Å². The van der Waals surface area contributed by atoms with Crippen molar-refractivity contribution in [2.45, 2.75) is 19.4 Å². The smallest absolute Gasteiger partial charge is 0.130 e. The highest BCUT2D eigenvalue weighted by Crippen LogP contribution is 2.31. The summed E-state index contributed by atoms with van der Waals surface area (Å²) in [4.78, 5) is 0. The molecule has 0 aliphatic rings. The molecule has 0 fully saturated rings. The fraction of sp³-hybridized carbons (Fsp3) is 0.400. The quantitative estimate of drug-likeness (QED) is 0.776. The van der Waals surface area contributed by atoms with Crippen molar-refractivity contribution in [1.29, 1.82) is 0 Å². The predicted molar refractivity (Wildman–Crippen MR) is 59.2 cm³/mol. The van der Waals surface area contributed by atoms with Gasteiger partial charge < -0.3 is 15.9 Å². The third-order valence-corrected chi connectivity index (χ3v) is 2.77. The van der Waals surface area contributed by atoms with Crippen molar-refractivity contribution < 1.29 is 10.2 Å². The Morgan fingerprint density at radius 1 is 1.50 bits per heavy atom. The van der Waals surface area contributed by atoms with E-state index in [1.54, 1.807) is 12.1 Å². The Kier molecular flexibility index (Phi) is 3.92. The number of aliphatic hydroxyl groups excluding tert-OH is 1. The van der Waals surface area contributed by atoms with Gasteiger partial charge in [0.2, 0.25) is 0 Å². The molecule has 4 heteroatoms. The first-order chi connectivity index (χ1) is 6.56. The van der Waals surface area contributed by atoms with Gasteiger partial charge in [-0.3, -0.25) is 0 Å². The summed E-state index contributed by atoms with van der Waals surface area (Å²) in [7, 11) is 0. The van der Waals surface area contributed by atoms with Crippen LogP contribution in [-0.2, 0) is 0 Å². The van der Waals surface area contributed by atoms with Gasteiger partial charge in [-0.25, -0.2) is 0 Å². The molecule has 0 aliphatic carbocycles. The van der Waals surface area contributed by atoms with Crippen LogP contribution in [-0.4, -0.2) is 16.8 Å². The van der Waals surface area contributed by atoms with Gasteiger partial charge in [0.25, 0.3) is 0 Å². The average molecular weight is 260 g/mol. The van der Waals surface area contributed by atoms with Crippen LogP contribution in [0.4, 0.5) is 0 Å². The molecule has 1 atom stereocenters. The molecule has 0 aliphatic heterocycles. The third-order valence-electron chi connectivity index (χ3n) is 2.13. The summed E-state index contributed by atoms with van der Waals surface area (Å²) in [5.74, 6) is 0.140. The van der Waals surface area contributed by atoms with Gasteiger partial charge >= 0.3 is 0 Å². The lowest BCUT2D eigenvalue weighted by atomic mass is 10.0. The second kappa shape index (κ2) is 4.77. The Bertz CT molecular complexity index is 328. The number of phenolic OH excluding ortho intramolecular Hbond substituents is 1. The summed E-state index contributed by atoms with van der Waals surface area (Å²) in [5.41, 5.74) is 7.03. The highest BCUT2D eigenvalue weighted by atomic mass is 79.9. The number of benzene rings is 1. The lowest BCUT2D eigenvalue weighted by Gasteiger charge is -2.13. The van der Waals surface area contributed by atoms with Crippen LogP contribution in [0, 0.1) is 6.92 Å². The summed E-state index contributed by atoms with van der Waals surface area (Å²) in [6.45, 7) is 2.32. The number of aromatic hydroxyl groups is 1. The highest BCUT2D eigenvalue weighted by molar-refractivity contribution is 9.10. The molecule has 4 N–H and O–H groups in total. The van der Waals surface area contributed by atoms with Crippen LogP contribution in [0.3, 0.4) is 0 Å². The van der Waals surface area contributed by atoms with Gasteiger partial charge in [0.1, 0.15) is 5.75 Å². The summed E-state index contributed by atoms with van der Waals surface area (Å²) in [6, 6.07) is 3.35. The molecule has 0 bridgehead atoms. The Morgan fingerprint density at radius 2 is 2.14 bits per heavy atom. The molecular weight excluding hydrogens is 246 g/mol. The predicted octanol–water partition coefficient (Wildman–Crippen LogP) is 1.85. The molecule has 0 saturated carbocycles. The molecule has 1 aromatic rings. The lowest BCUT2D eigenvalue weighted by Crippen LogP contribution is -2.07. The second-order valence-corrected chi connectivity index (χ2v) is 4.11. The summed E-state index contributed by atoms with van der Waals surface area (Å²) < 4.78 is 0.638. The number of hydrogen-bond acceptors (Lipinski definition) is 3. The molecule has 3 nitrogen and oxygen atoms in total. The minimum atomic E-state index is -0.598. The van der Waals surface area contributed by atoms with E-state index in [1.165, 1.54) is 0 Å². The zero-order chi connectivity index (χ0) is 10.7. The molecule has 0 heterocycles. The maximum absolute atomic E-state index is 9.71. The third kappa shape index (κ3) is 2.47. The number of rotatable bonds is 3. The molecule has 78 valence electrons. The largest absolute Gasteiger partial charge is 0.507 e. The van der Waals surface area contributed by atoms with Crippen LogP contribution < -0.4 is 5.73 Å². The molecule has 0 amide bonds. The first-order valence-corrected chi connectivity index (χ1v) is 5.22. The summed E-state index contributed by atoms with van der Waals surface area (Å²) in [6.07, 6.45) is -0.0963. The van der Waals surface area contributed by atoms with Crippen LogP contribution in [0.2, 0.25) is 0 Å². The van der Waals surface area contributed by atoms with Crippen LogP contribution >= 0.6 is 15.9 Å². The molecule has 0 radical (unpaired) electrons. The SMILES string of the molecule is Cc1cc(Br)c(O)cc1C(O)CCN. The van der Waals surface area contributed by atoms with E-state index in [0.29, 0.717) is 17.4 Å². The molecule has 1 unspecified atom stereocenters. The van der Waals surface area contributed by atoms with Crippen molar-refractivity contribution in [2.24, 2.45) is 5.73 Å². The van der Waals surface area contributed by atoms with Crippen molar-refractivity contribution in [3.63, 3.8) is 0 Å². The summed E-state index contributed by atoms with van der Waals surface area (Å²) >= 11 is 3.21. The molecule has 0 spiro atoms. The van der Waals surface area contributed by atoms with Crippen molar-refractivity contribution in [2.75, 3.05) is 6.54 Å². The normalized spacial score (nSPS) is 12.9. The molecule has 1 aromatic carbocycles. The molecule has 0 saturated heterocycles. The Hall–Kier alpha value is -0.580. The Morgan fingerprint density at radius 3 is 2.71 bits per heavy atom. The topological polar surface area (TPSA) is 66.5 Å². The minimum Gasteiger partial charge on any atom is -0.507 e. The Balaban J connectivity index is 3.02. The van der Waals surface area contributed by atoms with E-state index in [1.807, 2.05) is 6.92 Å². The number of hydrogen-bond donors (Lipinski definition) is 3. The Labute approximate surface area is 91.7 Å². The van der Waals surface area contributed by atoms with Gasteiger partial charge in [-0.1, -0.05) is 0 Å². The van der Waals surface area contributed by atoms with Gasteiger partial charge in [-0.2, -0.15) is 0 Å². The van der Waals surface area contributed by atoms with E-state index < -0.39 is 6.10 Å². The number of halogens is 1. The van der Waals surface area contributed by atoms with E-state index in [0.717, 1.165) is 11.1 Å². The summed E-state index contributed by atoms with van der Waals surface area (Å²) in [5, 5.41) is 19.2. The molecule has 0 aromatic heterocycles. The highest BCUT2D eigenvalue weighted by Gasteiger charge is 2.12. The van der Waals surface area contributed by atoms with Gasteiger partial charge in [-0.05, 0) is 59.1 Å². The fourth-order valence-corrected chi connectivity index (χ4v) is 1.81. The monoisotopic (exact) mass is 259 g/mol. The van der Waals surface area contributed by atoms with Gasteiger partial charge in [0.05, 0.1) is 10.6 Å². The number of nitrogens with two attached hydrogens (primary N) is 1. The van der Waals surface area contributed by atoms with Gasteiger partial charge in [0.15, 0.2) is 0 Å². The van der Waals surface area contributed by atoms with Crippen LogP contribution in [0.5, 0.6) is 5.75 Å². The van der Waals surface area contributed by atoms with Crippen molar-refractivity contribution in [3.8, 4) is 5.75 Å². The standard InChI is InChI=1S/C10H14BrNO2/c1-6-4-8(11)10(14)5-7(6)9(13)2-3-12/h4-5,9,13-14H,2-3,12H2,1H3. The molecule has 1 rings (SSSR count). The van der Waals surface area contributed by atoms with E-state index in [-0.39, 0.29) is 5.75 Å². The first kappa shape index (κ1) is 11.5. The molecular formula is C10H14BrNO2. The van der Waals surface area contributed by atoms with Crippen LogP contribution in [0.25, 0.3) is 0 Å². The zero-order valence-electron chi connectivity index (χ0n) is 8.00. The average Bonchev–Trinajstić information content (AvgIpc) is 2.11. The van der Waals surface area contributed by atoms with Gasteiger partial charge in [0, 0.05) is 0 Å². The number of aryl methyl sites for hydroxylation is 1. The molecule has 14 heavy (non-hydrogen) atoms. The van der Waals surface area contributed by atoms with Crippen LogP contribution in [0.1, 0.15) is 23.7 Å². The van der Waals surface area contributed by atoms with Crippen molar-refractivity contribution in [1.82, 2.24) is 0 Å². The number of aliphatic hydroxyl groups is 1. The van der Waals surface area contributed by atoms with E-state index in [4.69, 9.17) is 5.73 Å². The van der Waals surface area contributed by atoms with Crippen molar-refractivity contribution >= 4 is 15.9 Å². The number of phenols is 1. The minimum absolute atomic E-state index is 0.140. The van der Waals surface area contributed by atoms with E-state index in [2.05, 4.69) is 15.9 Å². The lowest BCUT2D eigenvalue weighted by molar-refractivity contribution is 0.169. The zero-order valence-corrected chi connectivity index (χ0v) is 9.58. The van der Waals surface area contributed by atoms with Crippen LogP contribution in [0.15, 0.2) is 16.6 Å². The second-order valence-electron chi connectivity index (χ2n) is 3.25. The fourth-order valence-electron chi connectivity index (χ4n) is 1.35. The maximum Gasteiger partial charge on any atom is 0.130 e. The van der Waals surface area contributed by atoms with E-state index in [9.17, 15) is 10.2 Å². The first-order valence-electron chi connectivity index (χ1n) is 4.43. The maximum atomic E-state index is 9.71. The van der Waals surface area contributed by atoms with Gasteiger partial charge in [-0.15, -0.1) is 0 Å². The van der Waals surface area contributed by atoms with Crippen molar-refractivity contribution in [3.05, 3.63) is 27.7 Å².